The lowest BCUT2D eigenvalue weighted by Crippen LogP contribution is -2.47. The lowest BCUT2D eigenvalue weighted by Gasteiger charge is -2.32. The molecule has 1 aromatic carbocycles. The summed E-state index contributed by atoms with van der Waals surface area (Å²) in [6.07, 6.45) is 1.17. The molecule has 1 unspecified atom stereocenters. The van der Waals surface area contributed by atoms with E-state index in [1.165, 1.54) is 23.1 Å². The van der Waals surface area contributed by atoms with Gasteiger partial charge in [0.05, 0.1) is 13.2 Å². The number of ether oxygens (including phenoxy) is 1. The zero-order valence-corrected chi connectivity index (χ0v) is 19.6. The van der Waals surface area contributed by atoms with E-state index in [2.05, 4.69) is 68.1 Å². The second kappa shape index (κ2) is 11.1. The van der Waals surface area contributed by atoms with E-state index in [1.807, 2.05) is 18.4 Å². The highest BCUT2D eigenvalue weighted by atomic mass is 32.1. The zero-order valence-electron chi connectivity index (χ0n) is 18.8. The Morgan fingerprint density at radius 1 is 1.13 bits per heavy atom. The van der Waals surface area contributed by atoms with Crippen molar-refractivity contribution in [1.82, 2.24) is 20.4 Å². The Balaban J connectivity index is 1.26. The predicted octanol–water partition coefficient (Wildman–Crippen LogP) is 2.69. The van der Waals surface area contributed by atoms with Crippen molar-refractivity contribution in [1.29, 1.82) is 0 Å². The van der Waals surface area contributed by atoms with Gasteiger partial charge in [0.2, 0.25) is 0 Å². The first kappa shape index (κ1) is 22.3. The van der Waals surface area contributed by atoms with Crippen molar-refractivity contribution in [2.24, 2.45) is 4.99 Å². The fourth-order valence-electron chi connectivity index (χ4n) is 4.30. The predicted molar refractivity (Wildman–Crippen MR) is 129 cm³/mol. The van der Waals surface area contributed by atoms with Crippen LogP contribution in [0.1, 0.15) is 28.5 Å². The summed E-state index contributed by atoms with van der Waals surface area (Å²) >= 11 is 1.90. The van der Waals surface area contributed by atoms with Gasteiger partial charge >= 0.3 is 0 Å². The van der Waals surface area contributed by atoms with Gasteiger partial charge in [0.25, 0.3) is 0 Å². The third-order valence-corrected chi connectivity index (χ3v) is 7.33. The monoisotopic (exact) mass is 441 g/mol. The van der Waals surface area contributed by atoms with Gasteiger partial charge < -0.3 is 15.4 Å². The average Bonchev–Trinajstić information content (AvgIpc) is 3.28. The molecular weight excluding hydrogens is 406 g/mol. The number of nitrogens with one attached hydrogen (secondary N) is 2. The highest BCUT2D eigenvalue weighted by molar-refractivity contribution is 7.10. The van der Waals surface area contributed by atoms with Crippen LogP contribution in [0.25, 0.3) is 0 Å². The number of hydrogen-bond donors (Lipinski definition) is 2. The second-order valence-corrected chi connectivity index (χ2v) is 9.40. The average molecular weight is 442 g/mol. The molecule has 0 bridgehead atoms. The summed E-state index contributed by atoms with van der Waals surface area (Å²) in [5, 5.41) is 9.26. The Bertz CT molecular complexity index is 861. The van der Waals surface area contributed by atoms with Crippen molar-refractivity contribution in [3.05, 3.63) is 57.3 Å². The smallest absolute Gasteiger partial charge is 0.191 e. The number of guanidine groups is 1. The molecule has 1 saturated heterocycles. The normalized spacial score (nSPS) is 19.1. The van der Waals surface area contributed by atoms with Crippen LogP contribution in [-0.2, 0) is 30.8 Å². The van der Waals surface area contributed by atoms with Gasteiger partial charge in [-0.2, -0.15) is 0 Å². The molecule has 1 fully saturated rings. The molecule has 31 heavy (non-hydrogen) atoms. The number of hydrogen-bond acceptors (Lipinski definition) is 5. The summed E-state index contributed by atoms with van der Waals surface area (Å²) in [5.74, 6) is 0.862. The molecule has 2 aromatic rings. The van der Waals surface area contributed by atoms with Crippen LogP contribution < -0.4 is 10.6 Å². The van der Waals surface area contributed by atoms with Crippen LogP contribution in [0.4, 0.5) is 0 Å². The molecule has 1 aromatic heterocycles. The molecule has 2 aliphatic heterocycles. The molecule has 1 atom stereocenters. The van der Waals surface area contributed by atoms with Crippen molar-refractivity contribution in [2.45, 2.75) is 39.0 Å². The van der Waals surface area contributed by atoms with E-state index in [0.717, 1.165) is 65.0 Å². The molecule has 0 radical (unpaired) electrons. The highest BCUT2D eigenvalue weighted by Crippen LogP contribution is 2.25. The maximum absolute atomic E-state index is 5.48. The number of morpholine rings is 1. The number of benzene rings is 1. The number of rotatable bonds is 7. The summed E-state index contributed by atoms with van der Waals surface area (Å²) < 4.78 is 5.48. The topological polar surface area (TPSA) is 52.1 Å². The van der Waals surface area contributed by atoms with Gasteiger partial charge in [-0.05, 0) is 41.5 Å². The second-order valence-electron chi connectivity index (χ2n) is 8.40. The van der Waals surface area contributed by atoms with Gasteiger partial charge in [0.1, 0.15) is 0 Å². The van der Waals surface area contributed by atoms with Gasteiger partial charge in [-0.25, -0.2) is 0 Å². The van der Waals surface area contributed by atoms with E-state index in [9.17, 15) is 0 Å². The van der Waals surface area contributed by atoms with Crippen molar-refractivity contribution >= 4 is 17.3 Å². The van der Waals surface area contributed by atoms with Crippen LogP contribution in [0.15, 0.2) is 40.7 Å². The third-order valence-electron chi connectivity index (χ3n) is 6.31. The van der Waals surface area contributed by atoms with Crippen LogP contribution in [0.2, 0.25) is 0 Å². The first-order valence-electron chi connectivity index (χ1n) is 11.3. The minimum atomic E-state index is 0.459. The molecule has 0 spiro atoms. The molecule has 0 aliphatic carbocycles. The Labute approximate surface area is 190 Å². The quantitative estimate of drug-likeness (QED) is 0.511. The summed E-state index contributed by atoms with van der Waals surface area (Å²) in [4.78, 5) is 11.0. The Hall–Kier alpha value is -1.93. The maximum Gasteiger partial charge on any atom is 0.191 e. The van der Waals surface area contributed by atoms with Gasteiger partial charge in [-0.3, -0.25) is 14.8 Å². The lowest BCUT2D eigenvalue weighted by atomic mass is 10.1. The Kier molecular flexibility index (Phi) is 7.97. The molecule has 7 heteroatoms. The molecule has 0 saturated carbocycles. The van der Waals surface area contributed by atoms with E-state index < -0.39 is 0 Å². The molecule has 2 aliphatic rings. The van der Waals surface area contributed by atoms with E-state index in [0.29, 0.717) is 6.04 Å². The van der Waals surface area contributed by atoms with Crippen molar-refractivity contribution in [3.8, 4) is 0 Å². The highest BCUT2D eigenvalue weighted by Gasteiger charge is 2.21. The van der Waals surface area contributed by atoms with E-state index in [-0.39, 0.29) is 0 Å². The lowest BCUT2D eigenvalue weighted by molar-refractivity contribution is 0.0341. The Morgan fingerprint density at radius 2 is 1.94 bits per heavy atom. The van der Waals surface area contributed by atoms with Gasteiger partial charge in [0, 0.05) is 63.8 Å². The van der Waals surface area contributed by atoms with Gasteiger partial charge in [0.15, 0.2) is 5.96 Å². The van der Waals surface area contributed by atoms with Gasteiger partial charge in [-0.1, -0.05) is 24.3 Å². The first-order valence-corrected chi connectivity index (χ1v) is 12.2. The van der Waals surface area contributed by atoms with Crippen molar-refractivity contribution < 1.29 is 4.74 Å². The van der Waals surface area contributed by atoms with E-state index >= 15 is 0 Å². The Morgan fingerprint density at radius 3 is 2.74 bits per heavy atom. The number of thiophene rings is 1. The zero-order chi connectivity index (χ0) is 21.5. The number of nitrogens with zero attached hydrogens (tertiary/aromatic N) is 3. The molecule has 2 N–H and O–H groups in total. The number of aliphatic imine (C=N–C) groups is 1. The SMILES string of the molecule is CN=C(NCc1ccccc1CN1CCOCC1)NCC(C)N1CCc2sccc2C1. The van der Waals surface area contributed by atoms with Gasteiger partial charge in [-0.15, -0.1) is 11.3 Å². The van der Waals surface area contributed by atoms with Crippen LogP contribution >= 0.6 is 11.3 Å². The van der Waals surface area contributed by atoms with Crippen molar-refractivity contribution in [3.63, 3.8) is 0 Å². The van der Waals surface area contributed by atoms with Crippen LogP contribution in [0.5, 0.6) is 0 Å². The minimum Gasteiger partial charge on any atom is -0.379 e. The van der Waals surface area contributed by atoms with E-state index in [4.69, 9.17) is 4.74 Å². The maximum atomic E-state index is 5.48. The molecule has 4 rings (SSSR count). The molecular formula is C24H35N5OS. The molecule has 6 nitrogen and oxygen atoms in total. The van der Waals surface area contributed by atoms with Crippen molar-refractivity contribution in [2.75, 3.05) is 46.4 Å². The third kappa shape index (κ3) is 6.07. The fraction of sp³-hybridized carbons (Fsp3) is 0.542. The number of fused-ring (bicyclic) bond motifs is 1. The van der Waals surface area contributed by atoms with Crippen LogP contribution in [-0.4, -0.2) is 68.2 Å². The summed E-state index contributed by atoms with van der Waals surface area (Å²) in [6.45, 7) is 10.8. The summed E-state index contributed by atoms with van der Waals surface area (Å²) in [5.41, 5.74) is 4.20. The standard InChI is InChI=1S/C24H35N5OS/c1-19(29-9-7-23-22(18-29)8-14-31-23)15-26-24(25-2)27-16-20-5-3-4-6-21(20)17-28-10-12-30-13-11-28/h3-6,8,14,19H,7,9-13,15-18H2,1-2H3,(H2,25,26,27). The summed E-state index contributed by atoms with van der Waals surface area (Å²) in [7, 11) is 1.85. The fourth-order valence-corrected chi connectivity index (χ4v) is 5.19. The van der Waals surface area contributed by atoms with Crippen LogP contribution in [0.3, 0.4) is 0 Å². The molecule has 0 amide bonds. The molecule has 3 heterocycles. The largest absolute Gasteiger partial charge is 0.379 e. The minimum absolute atomic E-state index is 0.459. The molecule has 168 valence electrons. The van der Waals surface area contributed by atoms with E-state index in [1.54, 1.807) is 4.88 Å². The summed E-state index contributed by atoms with van der Waals surface area (Å²) in [6, 6.07) is 11.4. The first-order chi connectivity index (χ1) is 15.2. The van der Waals surface area contributed by atoms with Crippen LogP contribution in [0, 0.1) is 0 Å².